The molecule has 0 amide bonds. The topological polar surface area (TPSA) is 65.7 Å². The summed E-state index contributed by atoms with van der Waals surface area (Å²) < 4.78 is 0. The molecule has 0 unspecified atom stereocenters. The van der Waals surface area contributed by atoms with Crippen LogP contribution in [0, 0.1) is 18.3 Å². The smallest absolute Gasteiger partial charge is 0.226 e. The number of aromatic nitrogens is 3. The minimum absolute atomic E-state index is 0.396. The summed E-state index contributed by atoms with van der Waals surface area (Å²) >= 11 is 0. The van der Waals surface area contributed by atoms with Gasteiger partial charge in [-0.05, 0) is 25.1 Å². The predicted molar refractivity (Wildman–Crippen MR) is 72.7 cm³/mol. The molecule has 2 heterocycles. The Balaban J connectivity index is 2.06. The number of pyridine rings is 1. The highest BCUT2D eigenvalue weighted by atomic mass is 15.2. The standard InChI is InChI=1S/C14H15N5/c1-11-9-13(10-15)18-14(17-11)19(2)8-6-12-5-3-4-7-16-12/h3-5,7,9H,6,8H2,1-2H3. The fraction of sp³-hybridized carbons (Fsp3) is 0.286. The van der Waals surface area contributed by atoms with Gasteiger partial charge in [0.25, 0.3) is 0 Å². The summed E-state index contributed by atoms with van der Waals surface area (Å²) in [7, 11) is 1.92. The van der Waals surface area contributed by atoms with Gasteiger partial charge in [0.05, 0.1) is 0 Å². The first-order chi connectivity index (χ1) is 9.19. The first kappa shape index (κ1) is 13.0. The highest BCUT2D eigenvalue weighted by Crippen LogP contribution is 2.09. The summed E-state index contributed by atoms with van der Waals surface area (Å²) in [5.74, 6) is 0.576. The largest absolute Gasteiger partial charge is 0.343 e. The van der Waals surface area contributed by atoms with Crippen LogP contribution in [0.2, 0.25) is 0 Å². The molecule has 0 bridgehead atoms. The van der Waals surface area contributed by atoms with Crippen molar-refractivity contribution in [1.29, 1.82) is 5.26 Å². The van der Waals surface area contributed by atoms with Crippen molar-refractivity contribution in [3.8, 4) is 6.07 Å². The summed E-state index contributed by atoms with van der Waals surface area (Å²) in [6.07, 6.45) is 2.60. The minimum Gasteiger partial charge on any atom is -0.343 e. The van der Waals surface area contributed by atoms with Crippen LogP contribution in [-0.4, -0.2) is 28.5 Å². The molecule has 0 N–H and O–H groups in total. The monoisotopic (exact) mass is 253 g/mol. The summed E-state index contributed by atoms with van der Waals surface area (Å²) in [5.41, 5.74) is 2.22. The van der Waals surface area contributed by atoms with Gasteiger partial charge in [-0.2, -0.15) is 5.26 Å². The highest BCUT2D eigenvalue weighted by molar-refractivity contribution is 5.35. The lowest BCUT2D eigenvalue weighted by atomic mass is 10.2. The molecule has 0 saturated heterocycles. The average molecular weight is 253 g/mol. The minimum atomic E-state index is 0.396. The molecule has 5 heteroatoms. The number of rotatable bonds is 4. The van der Waals surface area contributed by atoms with Gasteiger partial charge in [0.1, 0.15) is 11.8 Å². The Bertz CT molecular complexity index is 589. The van der Waals surface area contributed by atoms with Crippen molar-refractivity contribution in [3.05, 3.63) is 47.5 Å². The SMILES string of the molecule is Cc1cc(C#N)nc(N(C)CCc2ccccn2)n1. The molecule has 0 saturated carbocycles. The third-order valence-corrected chi connectivity index (χ3v) is 2.73. The van der Waals surface area contributed by atoms with Crippen molar-refractivity contribution in [2.45, 2.75) is 13.3 Å². The molecule has 0 fully saturated rings. The maximum Gasteiger partial charge on any atom is 0.226 e. The van der Waals surface area contributed by atoms with E-state index in [0.29, 0.717) is 11.6 Å². The van der Waals surface area contributed by atoms with Crippen LogP contribution >= 0.6 is 0 Å². The normalized spacial score (nSPS) is 9.95. The van der Waals surface area contributed by atoms with Crippen LogP contribution in [0.1, 0.15) is 17.1 Å². The van der Waals surface area contributed by atoms with E-state index in [-0.39, 0.29) is 0 Å². The number of aryl methyl sites for hydroxylation is 1. The van der Waals surface area contributed by atoms with Crippen molar-refractivity contribution < 1.29 is 0 Å². The molecule has 0 aromatic carbocycles. The maximum atomic E-state index is 8.91. The van der Waals surface area contributed by atoms with E-state index >= 15 is 0 Å². The molecule has 5 nitrogen and oxygen atoms in total. The second kappa shape index (κ2) is 5.91. The molecular weight excluding hydrogens is 238 g/mol. The summed E-state index contributed by atoms with van der Waals surface area (Å²) in [5, 5.41) is 8.91. The van der Waals surface area contributed by atoms with Crippen LogP contribution in [0.25, 0.3) is 0 Å². The zero-order chi connectivity index (χ0) is 13.7. The molecule has 0 aliphatic heterocycles. The van der Waals surface area contributed by atoms with Crippen molar-refractivity contribution >= 4 is 5.95 Å². The zero-order valence-electron chi connectivity index (χ0n) is 11.0. The molecule has 0 radical (unpaired) electrons. The van der Waals surface area contributed by atoms with E-state index in [2.05, 4.69) is 15.0 Å². The molecule has 0 aliphatic carbocycles. The molecule has 96 valence electrons. The third kappa shape index (κ3) is 3.49. The fourth-order valence-corrected chi connectivity index (χ4v) is 1.71. The Morgan fingerprint density at radius 2 is 2.16 bits per heavy atom. The Kier molecular flexibility index (Phi) is 4.04. The van der Waals surface area contributed by atoms with Gasteiger partial charge in [-0.15, -0.1) is 0 Å². The number of hydrogen-bond acceptors (Lipinski definition) is 5. The Labute approximate surface area is 112 Å². The van der Waals surface area contributed by atoms with Crippen molar-refractivity contribution in [1.82, 2.24) is 15.0 Å². The highest BCUT2D eigenvalue weighted by Gasteiger charge is 2.07. The number of nitrogens with zero attached hydrogens (tertiary/aromatic N) is 5. The van der Waals surface area contributed by atoms with Gasteiger partial charge in [0.15, 0.2) is 0 Å². The maximum absolute atomic E-state index is 8.91. The number of nitriles is 1. The predicted octanol–water partition coefficient (Wildman–Crippen LogP) is 1.73. The van der Waals surface area contributed by atoms with Gasteiger partial charge in [-0.25, -0.2) is 9.97 Å². The summed E-state index contributed by atoms with van der Waals surface area (Å²) in [6, 6.07) is 9.59. The van der Waals surface area contributed by atoms with E-state index in [0.717, 1.165) is 24.4 Å². The van der Waals surface area contributed by atoms with E-state index < -0.39 is 0 Å². The van der Waals surface area contributed by atoms with Crippen LogP contribution in [0.5, 0.6) is 0 Å². The molecule has 2 aromatic rings. The van der Waals surface area contributed by atoms with Crippen LogP contribution in [0.4, 0.5) is 5.95 Å². The molecule has 0 atom stereocenters. The third-order valence-electron chi connectivity index (χ3n) is 2.73. The van der Waals surface area contributed by atoms with Crippen LogP contribution in [0.3, 0.4) is 0 Å². The van der Waals surface area contributed by atoms with E-state index in [1.807, 2.05) is 43.1 Å². The Morgan fingerprint density at radius 1 is 1.32 bits per heavy atom. The van der Waals surface area contributed by atoms with Gasteiger partial charge < -0.3 is 4.90 Å². The van der Waals surface area contributed by atoms with E-state index in [1.54, 1.807) is 12.3 Å². The second-order valence-electron chi connectivity index (χ2n) is 4.30. The molecule has 2 aromatic heterocycles. The van der Waals surface area contributed by atoms with Crippen LogP contribution in [-0.2, 0) is 6.42 Å². The van der Waals surface area contributed by atoms with Gasteiger partial charge in [-0.1, -0.05) is 6.07 Å². The van der Waals surface area contributed by atoms with Crippen molar-refractivity contribution in [2.75, 3.05) is 18.5 Å². The van der Waals surface area contributed by atoms with Gasteiger partial charge >= 0.3 is 0 Å². The first-order valence-electron chi connectivity index (χ1n) is 6.06. The molecule has 2 rings (SSSR count). The average Bonchev–Trinajstić information content (AvgIpc) is 2.45. The van der Waals surface area contributed by atoms with Gasteiger partial charge in [0.2, 0.25) is 5.95 Å². The molecule has 19 heavy (non-hydrogen) atoms. The number of likely N-dealkylation sites (N-methyl/N-ethyl adjacent to an activating group) is 1. The second-order valence-corrected chi connectivity index (χ2v) is 4.30. The van der Waals surface area contributed by atoms with E-state index in [1.165, 1.54) is 0 Å². The lowest BCUT2D eigenvalue weighted by Crippen LogP contribution is -2.23. The van der Waals surface area contributed by atoms with Crippen LogP contribution in [0.15, 0.2) is 30.5 Å². The van der Waals surface area contributed by atoms with Crippen molar-refractivity contribution in [2.24, 2.45) is 0 Å². The fourth-order valence-electron chi connectivity index (χ4n) is 1.71. The molecule has 0 aliphatic rings. The molecule has 0 spiro atoms. The Hall–Kier alpha value is -2.48. The van der Waals surface area contributed by atoms with Gasteiger partial charge in [-0.3, -0.25) is 4.98 Å². The van der Waals surface area contributed by atoms with Crippen molar-refractivity contribution in [3.63, 3.8) is 0 Å². The summed E-state index contributed by atoms with van der Waals surface area (Å²) in [6.45, 7) is 2.62. The first-order valence-corrected chi connectivity index (χ1v) is 6.06. The number of anilines is 1. The van der Waals surface area contributed by atoms with E-state index in [4.69, 9.17) is 5.26 Å². The Morgan fingerprint density at radius 3 is 2.84 bits per heavy atom. The molecular formula is C14H15N5. The van der Waals surface area contributed by atoms with Crippen LogP contribution < -0.4 is 4.90 Å². The van der Waals surface area contributed by atoms with E-state index in [9.17, 15) is 0 Å². The summed E-state index contributed by atoms with van der Waals surface area (Å²) in [4.78, 5) is 14.7. The lowest BCUT2D eigenvalue weighted by molar-refractivity contribution is 0.815. The number of hydrogen-bond donors (Lipinski definition) is 0. The quantitative estimate of drug-likeness (QED) is 0.830. The zero-order valence-corrected chi connectivity index (χ0v) is 11.0. The van der Waals surface area contributed by atoms with Gasteiger partial charge in [0, 0.05) is 37.6 Å². The lowest BCUT2D eigenvalue weighted by Gasteiger charge is -2.17.